The highest BCUT2D eigenvalue weighted by Crippen LogP contribution is 2.38. The maximum absolute atomic E-state index is 14.5. The highest BCUT2D eigenvalue weighted by atomic mass is 28.4. The van der Waals surface area contributed by atoms with Gasteiger partial charge in [-0.2, -0.15) is 0 Å². The normalized spacial score (nSPS) is 15.1. The van der Waals surface area contributed by atoms with Gasteiger partial charge in [-0.1, -0.05) is 26.8 Å². The first kappa shape index (κ1) is 18.0. The van der Waals surface area contributed by atoms with E-state index in [2.05, 4.69) is 38.8 Å². The zero-order valence-electron chi connectivity index (χ0n) is 13.6. The van der Waals surface area contributed by atoms with E-state index in [9.17, 15) is 9.50 Å². The molecule has 1 aromatic rings. The first-order chi connectivity index (χ1) is 9.67. The van der Waals surface area contributed by atoms with Gasteiger partial charge in [0.1, 0.15) is 5.83 Å². The summed E-state index contributed by atoms with van der Waals surface area (Å²) in [7, 11) is -2.10. The van der Waals surface area contributed by atoms with E-state index in [4.69, 9.17) is 4.43 Å². The zero-order valence-corrected chi connectivity index (χ0v) is 14.6. The first-order valence-electron chi connectivity index (χ1n) is 7.24. The van der Waals surface area contributed by atoms with E-state index in [1.807, 2.05) is 6.07 Å². The van der Waals surface area contributed by atoms with Gasteiger partial charge in [-0.3, -0.25) is 4.98 Å². The van der Waals surface area contributed by atoms with Crippen molar-refractivity contribution < 1.29 is 13.9 Å². The van der Waals surface area contributed by atoms with Crippen LogP contribution >= 0.6 is 0 Å². The van der Waals surface area contributed by atoms with Crippen LogP contribution in [0.5, 0.6) is 0 Å². The minimum atomic E-state index is -2.10. The summed E-state index contributed by atoms with van der Waals surface area (Å²) in [5, 5.41) is 9.17. The van der Waals surface area contributed by atoms with Crippen LogP contribution < -0.4 is 0 Å². The number of aliphatic hydroxyl groups excluding tert-OH is 1. The molecule has 0 aromatic carbocycles. The van der Waals surface area contributed by atoms with Crippen LogP contribution in [0.2, 0.25) is 18.1 Å². The lowest BCUT2D eigenvalue weighted by Crippen LogP contribution is -2.44. The standard InChI is InChI=1S/C16H26FNO2Si/c1-16(2,3)21(4,5)20-15(9-11-19)14(17)12-13-8-6-7-10-18-13/h6-8,10,12,15,19H,9,11H2,1-5H3/b14-12-/t15-/m0/s1. The Bertz CT molecular complexity index is 469. The van der Waals surface area contributed by atoms with E-state index in [0.717, 1.165) is 0 Å². The third kappa shape index (κ3) is 5.34. The average molecular weight is 311 g/mol. The molecule has 21 heavy (non-hydrogen) atoms. The SMILES string of the molecule is CC(C)(C)[Si](C)(C)O[C@@H](CCO)/C(F)=C/c1ccccn1. The number of aliphatic hydroxyl groups is 1. The van der Waals surface area contributed by atoms with Gasteiger partial charge in [0.25, 0.3) is 0 Å². The fraction of sp³-hybridized carbons (Fsp3) is 0.562. The molecule has 5 heteroatoms. The van der Waals surface area contributed by atoms with E-state index in [1.165, 1.54) is 6.08 Å². The zero-order chi connectivity index (χ0) is 16.1. The molecule has 0 fully saturated rings. The summed E-state index contributed by atoms with van der Waals surface area (Å²) in [5.41, 5.74) is 0.553. The van der Waals surface area contributed by atoms with Crippen LogP contribution in [0.3, 0.4) is 0 Å². The molecule has 118 valence electrons. The second-order valence-electron chi connectivity index (χ2n) is 6.66. The molecule has 1 rings (SSSR count). The molecule has 0 spiro atoms. The van der Waals surface area contributed by atoms with Crippen LogP contribution in [0.15, 0.2) is 30.2 Å². The quantitative estimate of drug-likeness (QED) is 0.802. The topological polar surface area (TPSA) is 42.4 Å². The number of aromatic nitrogens is 1. The molecule has 0 aliphatic heterocycles. The maximum Gasteiger partial charge on any atom is 0.193 e. The molecule has 0 radical (unpaired) electrons. The second kappa shape index (κ2) is 7.29. The highest BCUT2D eigenvalue weighted by molar-refractivity contribution is 6.74. The van der Waals surface area contributed by atoms with Crippen molar-refractivity contribution >= 4 is 14.4 Å². The molecule has 0 aliphatic carbocycles. The van der Waals surface area contributed by atoms with Gasteiger partial charge in [0.15, 0.2) is 8.32 Å². The summed E-state index contributed by atoms with van der Waals surface area (Å²) in [4.78, 5) is 4.08. The van der Waals surface area contributed by atoms with Gasteiger partial charge in [0.2, 0.25) is 0 Å². The Morgan fingerprint density at radius 3 is 2.57 bits per heavy atom. The second-order valence-corrected chi connectivity index (χ2v) is 11.4. The van der Waals surface area contributed by atoms with Gasteiger partial charge >= 0.3 is 0 Å². The van der Waals surface area contributed by atoms with Gasteiger partial charge in [0.05, 0.1) is 11.8 Å². The maximum atomic E-state index is 14.5. The summed E-state index contributed by atoms with van der Waals surface area (Å²) >= 11 is 0. The fourth-order valence-corrected chi connectivity index (χ4v) is 2.89. The van der Waals surface area contributed by atoms with E-state index in [1.54, 1.807) is 18.3 Å². The van der Waals surface area contributed by atoms with E-state index in [0.29, 0.717) is 5.69 Å². The molecule has 0 bridgehead atoms. The lowest BCUT2D eigenvalue weighted by molar-refractivity contribution is 0.148. The Hall–Kier alpha value is -1.04. The van der Waals surface area contributed by atoms with Gasteiger partial charge in [-0.25, -0.2) is 4.39 Å². The van der Waals surface area contributed by atoms with Crippen molar-refractivity contribution in [2.75, 3.05) is 6.61 Å². The van der Waals surface area contributed by atoms with Crippen LogP contribution in [-0.4, -0.2) is 31.1 Å². The predicted molar refractivity (Wildman–Crippen MR) is 87.1 cm³/mol. The average Bonchev–Trinajstić information content (AvgIpc) is 2.37. The summed E-state index contributed by atoms with van der Waals surface area (Å²) in [6, 6.07) is 5.33. The lowest BCUT2D eigenvalue weighted by Gasteiger charge is -2.38. The molecule has 1 heterocycles. The first-order valence-corrected chi connectivity index (χ1v) is 10.1. The van der Waals surface area contributed by atoms with Crippen molar-refractivity contribution in [3.63, 3.8) is 0 Å². The van der Waals surface area contributed by atoms with Crippen LogP contribution in [0.25, 0.3) is 6.08 Å². The summed E-state index contributed by atoms with van der Waals surface area (Å²) in [6.45, 7) is 10.4. The van der Waals surface area contributed by atoms with Gasteiger partial charge in [-0.05, 0) is 36.3 Å². The molecule has 3 nitrogen and oxygen atoms in total. The molecule has 0 saturated carbocycles. The summed E-state index contributed by atoms with van der Waals surface area (Å²) < 4.78 is 20.6. The van der Waals surface area contributed by atoms with Gasteiger partial charge in [0, 0.05) is 19.2 Å². The van der Waals surface area contributed by atoms with Crippen LogP contribution in [-0.2, 0) is 4.43 Å². The molecule has 1 aromatic heterocycles. The minimum absolute atomic E-state index is 0.00795. The number of nitrogens with zero attached hydrogens (tertiary/aromatic N) is 1. The smallest absolute Gasteiger partial charge is 0.193 e. The molecular weight excluding hydrogens is 285 g/mol. The third-order valence-corrected chi connectivity index (χ3v) is 8.40. The molecular formula is C16H26FNO2Si. The molecule has 0 unspecified atom stereocenters. The van der Waals surface area contributed by atoms with E-state index in [-0.39, 0.29) is 23.9 Å². The van der Waals surface area contributed by atoms with Crippen molar-refractivity contribution in [1.82, 2.24) is 4.98 Å². The molecule has 1 atom stereocenters. The number of rotatable bonds is 6. The Labute approximate surface area is 128 Å². The van der Waals surface area contributed by atoms with E-state index < -0.39 is 14.4 Å². The largest absolute Gasteiger partial charge is 0.407 e. The Balaban J connectivity index is 2.94. The number of pyridine rings is 1. The predicted octanol–water partition coefficient (Wildman–Crippen LogP) is 4.16. The molecule has 0 saturated heterocycles. The van der Waals surface area contributed by atoms with Gasteiger partial charge < -0.3 is 9.53 Å². The number of halogens is 1. The minimum Gasteiger partial charge on any atom is -0.407 e. The number of hydrogen-bond acceptors (Lipinski definition) is 3. The lowest BCUT2D eigenvalue weighted by atomic mass is 10.2. The van der Waals surface area contributed by atoms with E-state index >= 15 is 0 Å². The number of hydrogen-bond donors (Lipinski definition) is 1. The van der Waals surface area contributed by atoms with Crippen LogP contribution in [0.4, 0.5) is 4.39 Å². The van der Waals surface area contributed by atoms with Gasteiger partial charge in [-0.15, -0.1) is 0 Å². The van der Waals surface area contributed by atoms with Crippen LogP contribution in [0, 0.1) is 0 Å². The van der Waals surface area contributed by atoms with Crippen molar-refractivity contribution in [3.8, 4) is 0 Å². The fourth-order valence-electron chi connectivity index (χ4n) is 1.60. The molecule has 0 aliphatic rings. The third-order valence-electron chi connectivity index (χ3n) is 3.92. The Kier molecular flexibility index (Phi) is 6.25. The highest BCUT2D eigenvalue weighted by Gasteiger charge is 2.39. The van der Waals surface area contributed by atoms with Crippen molar-refractivity contribution in [3.05, 3.63) is 35.9 Å². The van der Waals surface area contributed by atoms with Crippen LogP contribution in [0.1, 0.15) is 32.9 Å². The Morgan fingerprint density at radius 1 is 1.43 bits per heavy atom. The van der Waals surface area contributed by atoms with Crippen molar-refractivity contribution in [1.29, 1.82) is 0 Å². The monoisotopic (exact) mass is 311 g/mol. The van der Waals surface area contributed by atoms with Crippen molar-refractivity contribution in [2.24, 2.45) is 0 Å². The van der Waals surface area contributed by atoms with Crippen molar-refractivity contribution in [2.45, 2.75) is 51.4 Å². The summed E-state index contributed by atoms with van der Waals surface area (Å²) in [5.74, 6) is -0.382. The Morgan fingerprint density at radius 2 is 2.10 bits per heavy atom. The molecule has 0 amide bonds. The summed E-state index contributed by atoms with van der Waals surface area (Å²) in [6.07, 6.45) is 2.54. The molecule has 1 N–H and O–H groups in total.